The summed E-state index contributed by atoms with van der Waals surface area (Å²) in [5, 5.41) is 8.10. The molecule has 4 aromatic rings. The van der Waals surface area contributed by atoms with Crippen LogP contribution in [-0.4, -0.2) is 62.6 Å². The highest BCUT2D eigenvalue weighted by molar-refractivity contribution is 7.91. The Morgan fingerprint density at radius 2 is 1.56 bits per heavy atom. The van der Waals surface area contributed by atoms with Gasteiger partial charge in [0.1, 0.15) is 17.9 Å². The lowest BCUT2D eigenvalue weighted by Crippen LogP contribution is -2.27. The maximum atomic E-state index is 13.6. The summed E-state index contributed by atoms with van der Waals surface area (Å²) in [7, 11) is -0.871. The molecule has 0 aliphatic heterocycles. The fourth-order valence-electron chi connectivity index (χ4n) is 3.65. The summed E-state index contributed by atoms with van der Waals surface area (Å²) in [6.45, 7) is 3.37. The van der Waals surface area contributed by atoms with Crippen LogP contribution in [0, 0.1) is 0 Å². The molecule has 2 atom stereocenters. The average Bonchev–Trinajstić information content (AvgIpc) is 3.30. The first-order chi connectivity index (χ1) is 17.3. The molecule has 188 valence electrons. The molecule has 0 bridgehead atoms. The molecule has 0 spiro atoms. The van der Waals surface area contributed by atoms with Gasteiger partial charge in [-0.15, -0.1) is 10.2 Å². The third kappa shape index (κ3) is 5.00. The summed E-state index contributed by atoms with van der Waals surface area (Å²) in [5.74, 6) is 0.336. The summed E-state index contributed by atoms with van der Waals surface area (Å²) in [6, 6.07) is 9.23. The summed E-state index contributed by atoms with van der Waals surface area (Å²) in [6.07, 6.45) is 4.17. The molecule has 0 amide bonds. The Bertz CT molecular complexity index is 1430. The van der Waals surface area contributed by atoms with Crippen LogP contribution in [0.25, 0.3) is 17.1 Å². The molecule has 11 nitrogen and oxygen atoms in total. The van der Waals surface area contributed by atoms with Gasteiger partial charge in [0.25, 0.3) is 0 Å². The van der Waals surface area contributed by atoms with Crippen LogP contribution < -0.4 is 9.47 Å². The van der Waals surface area contributed by atoms with Gasteiger partial charge in [-0.2, -0.15) is 9.97 Å². The van der Waals surface area contributed by atoms with E-state index >= 15 is 0 Å². The Hall–Kier alpha value is -3.64. The van der Waals surface area contributed by atoms with Crippen molar-refractivity contribution >= 4 is 21.4 Å². The van der Waals surface area contributed by atoms with E-state index in [0.717, 1.165) is 0 Å². The van der Waals surface area contributed by atoms with Gasteiger partial charge in [-0.05, 0) is 6.92 Å². The number of sulfone groups is 1. The smallest absolute Gasteiger partial charge is 0.245 e. The predicted molar refractivity (Wildman–Crippen MR) is 133 cm³/mol. The first kappa shape index (κ1) is 25.5. The van der Waals surface area contributed by atoms with E-state index < -0.39 is 26.8 Å². The molecular formula is C23H24ClN7O4S. The van der Waals surface area contributed by atoms with Gasteiger partial charge in [-0.1, -0.05) is 48.9 Å². The van der Waals surface area contributed by atoms with Gasteiger partial charge in [0.2, 0.25) is 11.8 Å². The van der Waals surface area contributed by atoms with E-state index in [1.54, 1.807) is 18.4 Å². The van der Waals surface area contributed by atoms with Crippen molar-refractivity contribution in [2.24, 2.45) is 0 Å². The first-order valence-electron chi connectivity index (χ1n) is 10.9. The molecule has 13 heteroatoms. The van der Waals surface area contributed by atoms with Gasteiger partial charge in [0.05, 0.1) is 24.5 Å². The summed E-state index contributed by atoms with van der Waals surface area (Å²) in [5.41, 5.74) is 0.996. The number of benzene rings is 1. The number of hydrogen-bond donors (Lipinski definition) is 0. The van der Waals surface area contributed by atoms with Crippen LogP contribution in [0.15, 0.2) is 49.1 Å². The Morgan fingerprint density at radius 3 is 2.14 bits per heavy atom. The predicted octanol–water partition coefficient (Wildman–Crippen LogP) is 3.29. The number of aromatic nitrogens is 7. The highest BCUT2D eigenvalue weighted by Crippen LogP contribution is 2.34. The maximum Gasteiger partial charge on any atom is 0.245 e. The standard InChI is InChI=1S/C23H24ClN7O4S/c1-14(20-25-10-17(24)11-26-20)15(2)36(32,33)12-18-29-30-21(16-8-6-5-7-9-16)31(18)19-22(34-3)27-13-28-23(19)35-4/h5-11,13-15H,12H2,1-4H3/t14-,15-/m0/s1. The Labute approximate surface area is 213 Å². The van der Waals surface area contributed by atoms with Crippen LogP contribution in [0.3, 0.4) is 0 Å². The van der Waals surface area contributed by atoms with Crippen molar-refractivity contribution in [3.8, 4) is 28.8 Å². The summed E-state index contributed by atoms with van der Waals surface area (Å²) in [4.78, 5) is 16.7. The molecule has 4 rings (SSSR count). The summed E-state index contributed by atoms with van der Waals surface area (Å²) < 4.78 is 39.6. The van der Waals surface area contributed by atoms with E-state index in [0.29, 0.717) is 27.9 Å². The van der Waals surface area contributed by atoms with Gasteiger partial charge in [-0.3, -0.25) is 4.57 Å². The molecule has 3 heterocycles. The van der Waals surface area contributed by atoms with Crippen LogP contribution in [0.1, 0.15) is 31.4 Å². The number of hydrogen-bond acceptors (Lipinski definition) is 10. The second-order valence-electron chi connectivity index (χ2n) is 7.94. The van der Waals surface area contributed by atoms with E-state index in [1.165, 1.54) is 32.9 Å². The van der Waals surface area contributed by atoms with Crippen molar-refractivity contribution in [1.82, 2.24) is 34.7 Å². The number of ether oxygens (including phenoxy) is 2. The zero-order valence-electron chi connectivity index (χ0n) is 20.0. The van der Waals surface area contributed by atoms with Crippen molar-refractivity contribution in [3.05, 3.63) is 65.7 Å². The normalized spacial score (nSPS) is 13.2. The van der Waals surface area contributed by atoms with Gasteiger partial charge in [-0.25, -0.2) is 18.4 Å². The molecule has 3 aromatic heterocycles. The molecule has 0 saturated carbocycles. The average molecular weight is 530 g/mol. The Balaban J connectivity index is 1.81. The molecule has 0 aliphatic rings. The molecule has 1 aromatic carbocycles. The van der Waals surface area contributed by atoms with Crippen molar-refractivity contribution in [3.63, 3.8) is 0 Å². The minimum absolute atomic E-state index is 0.149. The highest BCUT2D eigenvalue weighted by Gasteiger charge is 2.33. The zero-order valence-corrected chi connectivity index (χ0v) is 21.6. The van der Waals surface area contributed by atoms with Crippen LogP contribution >= 0.6 is 11.6 Å². The highest BCUT2D eigenvalue weighted by atomic mass is 35.5. The monoisotopic (exact) mass is 529 g/mol. The first-order valence-corrected chi connectivity index (χ1v) is 13.0. The molecule has 0 aliphatic carbocycles. The van der Waals surface area contributed by atoms with E-state index in [-0.39, 0.29) is 17.6 Å². The van der Waals surface area contributed by atoms with Gasteiger partial charge in [0.15, 0.2) is 27.2 Å². The number of rotatable bonds is 9. The van der Waals surface area contributed by atoms with Crippen LogP contribution in [0.5, 0.6) is 11.8 Å². The molecule has 0 fully saturated rings. The molecule has 0 N–H and O–H groups in total. The maximum absolute atomic E-state index is 13.6. The van der Waals surface area contributed by atoms with Crippen molar-refractivity contribution in [2.75, 3.05) is 14.2 Å². The van der Waals surface area contributed by atoms with Crippen LogP contribution in [0.2, 0.25) is 5.02 Å². The fourth-order valence-corrected chi connectivity index (χ4v) is 5.30. The van der Waals surface area contributed by atoms with E-state index in [9.17, 15) is 8.42 Å². The SMILES string of the molecule is COc1ncnc(OC)c1-n1c(CS(=O)(=O)[C@@H](C)[C@H](C)c2ncc(Cl)cn2)nnc1-c1ccccc1. The molecule has 36 heavy (non-hydrogen) atoms. The number of nitrogens with zero attached hydrogens (tertiary/aromatic N) is 7. The number of methoxy groups -OCH3 is 2. The quantitative estimate of drug-likeness (QED) is 0.317. The van der Waals surface area contributed by atoms with Gasteiger partial charge >= 0.3 is 0 Å². The minimum Gasteiger partial charge on any atom is -0.479 e. The Morgan fingerprint density at radius 1 is 0.944 bits per heavy atom. The third-order valence-electron chi connectivity index (χ3n) is 5.78. The Kier molecular flexibility index (Phi) is 7.45. The minimum atomic E-state index is -3.77. The lowest BCUT2D eigenvalue weighted by Gasteiger charge is -2.20. The number of halogens is 1. The summed E-state index contributed by atoms with van der Waals surface area (Å²) >= 11 is 5.88. The molecule has 0 unspecified atom stereocenters. The third-order valence-corrected chi connectivity index (χ3v) is 8.17. The van der Waals surface area contributed by atoms with Crippen LogP contribution in [0.4, 0.5) is 0 Å². The van der Waals surface area contributed by atoms with Crippen molar-refractivity contribution in [2.45, 2.75) is 30.8 Å². The van der Waals surface area contributed by atoms with E-state index in [2.05, 4.69) is 30.1 Å². The van der Waals surface area contributed by atoms with E-state index in [1.807, 2.05) is 30.3 Å². The van der Waals surface area contributed by atoms with Gasteiger partial charge in [0, 0.05) is 23.9 Å². The van der Waals surface area contributed by atoms with Gasteiger partial charge < -0.3 is 9.47 Å². The van der Waals surface area contributed by atoms with Crippen molar-refractivity contribution < 1.29 is 17.9 Å². The van der Waals surface area contributed by atoms with E-state index in [4.69, 9.17) is 21.1 Å². The lowest BCUT2D eigenvalue weighted by atomic mass is 10.1. The van der Waals surface area contributed by atoms with Crippen LogP contribution in [-0.2, 0) is 15.6 Å². The molecule has 0 saturated heterocycles. The lowest BCUT2D eigenvalue weighted by molar-refractivity contribution is 0.368. The second kappa shape index (κ2) is 10.5. The molecular weight excluding hydrogens is 506 g/mol. The second-order valence-corrected chi connectivity index (χ2v) is 10.7. The fraction of sp³-hybridized carbons (Fsp3) is 0.304. The molecule has 0 radical (unpaired) electrons. The van der Waals surface area contributed by atoms with Crippen molar-refractivity contribution in [1.29, 1.82) is 0 Å². The zero-order chi connectivity index (χ0) is 25.9. The topological polar surface area (TPSA) is 135 Å². The largest absolute Gasteiger partial charge is 0.479 e.